The molecule has 1 saturated carbocycles. The van der Waals surface area contributed by atoms with Gasteiger partial charge in [0.15, 0.2) is 5.89 Å². The van der Waals surface area contributed by atoms with E-state index in [1.807, 2.05) is 18.2 Å². The number of hydrogen-bond acceptors (Lipinski definition) is 4. The predicted octanol–water partition coefficient (Wildman–Crippen LogP) is 3.27. The summed E-state index contributed by atoms with van der Waals surface area (Å²) >= 11 is 0. The highest BCUT2D eigenvalue weighted by Crippen LogP contribution is 2.27. The molecular formula is C16H20N2O2. The number of anilines is 1. The highest BCUT2D eigenvalue weighted by Gasteiger charge is 2.19. The zero-order valence-corrected chi connectivity index (χ0v) is 12.1. The molecule has 20 heavy (non-hydrogen) atoms. The molecule has 1 aliphatic carbocycles. The van der Waals surface area contributed by atoms with E-state index in [1.165, 1.54) is 32.1 Å². The van der Waals surface area contributed by atoms with Gasteiger partial charge in [-0.3, -0.25) is 0 Å². The molecule has 1 heterocycles. The van der Waals surface area contributed by atoms with Crippen molar-refractivity contribution >= 4 is 16.6 Å². The maximum atomic E-state index is 11.9. The lowest BCUT2D eigenvalue weighted by Gasteiger charge is -2.33. The lowest BCUT2D eigenvalue weighted by molar-refractivity contribution is 0.427. The van der Waals surface area contributed by atoms with Gasteiger partial charge in [0.1, 0.15) is 0 Å². The van der Waals surface area contributed by atoms with Crippen molar-refractivity contribution in [1.82, 2.24) is 4.98 Å². The largest absolute Gasteiger partial charge is 0.408 e. The Balaban J connectivity index is 1.98. The fourth-order valence-electron chi connectivity index (χ4n) is 3.07. The van der Waals surface area contributed by atoms with Gasteiger partial charge in [0.05, 0.1) is 10.9 Å². The Morgan fingerprint density at radius 2 is 2.00 bits per heavy atom. The maximum Gasteiger partial charge on any atom is 0.346 e. The van der Waals surface area contributed by atoms with Crippen LogP contribution < -0.4 is 10.5 Å². The molecule has 106 valence electrons. The molecular weight excluding hydrogens is 252 g/mol. The van der Waals surface area contributed by atoms with Crippen molar-refractivity contribution in [1.29, 1.82) is 0 Å². The Bertz CT molecular complexity index is 672. The SMILES string of the molecule is Cc1nc2ccc(N(C)C3CCCCC3)cc2c(=O)o1. The van der Waals surface area contributed by atoms with Gasteiger partial charge in [-0.05, 0) is 31.0 Å². The molecule has 0 amide bonds. The molecule has 4 heteroatoms. The van der Waals surface area contributed by atoms with Crippen LogP contribution in [0.15, 0.2) is 27.4 Å². The van der Waals surface area contributed by atoms with Gasteiger partial charge < -0.3 is 9.32 Å². The Hall–Kier alpha value is -1.84. The molecule has 0 radical (unpaired) electrons. The molecule has 1 aliphatic rings. The quantitative estimate of drug-likeness (QED) is 0.841. The molecule has 0 N–H and O–H groups in total. The van der Waals surface area contributed by atoms with Crippen molar-refractivity contribution in [3.8, 4) is 0 Å². The molecule has 0 spiro atoms. The van der Waals surface area contributed by atoms with Gasteiger partial charge in [-0.25, -0.2) is 9.78 Å². The summed E-state index contributed by atoms with van der Waals surface area (Å²) in [5.41, 5.74) is 1.48. The third-order valence-electron chi connectivity index (χ3n) is 4.25. The summed E-state index contributed by atoms with van der Waals surface area (Å²) in [4.78, 5) is 18.5. The molecule has 0 aliphatic heterocycles. The first-order valence-corrected chi connectivity index (χ1v) is 7.29. The topological polar surface area (TPSA) is 46.3 Å². The standard InChI is InChI=1S/C16H20N2O2/c1-11-17-15-9-8-13(10-14(15)16(19)20-11)18(2)12-6-4-3-5-7-12/h8-10,12H,3-7H2,1-2H3. The van der Waals surface area contributed by atoms with Crippen LogP contribution in [-0.4, -0.2) is 18.1 Å². The molecule has 1 aromatic heterocycles. The predicted molar refractivity (Wildman–Crippen MR) is 80.3 cm³/mol. The van der Waals surface area contributed by atoms with E-state index in [9.17, 15) is 4.79 Å². The van der Waals surface area contributed by atoms with Crippen LogP contribution in [0.2, 0.25) is 0 Å². The van der Waals surface area contributed by atoms with Gasteiger partial charge in [0.25, 0.3) is 0 Å². The molecule has 1 fully saturated rings. The third-order valence-corrected chi connectivity index (χ3v) is 4.25. The molecule has 0 unspecified atom stereocenters. The van der Waals surface area contributed by atoms with Crippen LogP contribution in [0.5, 0.6) is 0 Å². The van der Waals surface area contributed by atoms with Crippen molar-refractivity contribution < 1.29 is 4.42 Å². The maximum absolute atomic E-state index is 11.9. The van der Waals surface area contributed by atoms with Crippen LogP contribution in [0, 0.1) is 6.92 Å². The highest BCUT2D eigenvalue weighted by atomic mass is 16.4. The second-order valence-corrected chi connectivity index (χ2v) is 5.62. The number of hydrogen-bond donors (Lipinski definition) is 0. The first kappa shape index (κ1) is 13.2. The average molecular weight is 272 g/mol. The number of aryl methyl sites for hydroxylation is 1. The zero-order valence-electron chi connectivity index (χ0n) is 12.1. The molecule has 0 bridgehead atoms. The van der Waals surface area contributed by atoms with E-state index >= 15 is 0 Å². The molecule has 0 atom stereocenters. The lowest BCUT2D eigenvalue weighted by atomic mass is 9.94. The summed E-state index contributed by atoms with van der Waals surface area (Å²) in [6.07, 6.45) is 6.40. The van der Waals surface area contributed by atoms with Crippen LogP contribution in [0.3, 0.4) is 0 Å². The lowest BCUT2D eigenvalue weighted by Crippen LogP contribution is -2.33. The second-order valence-electron chi connectivity index (χ2n) is 5.62. The first-order chi connectivity index (χ1) is 9.65. The van der Waals surface area contributed by atoms with Crippen molar-refractivity contribution in [2.24, 2.45) is 0 Å². The Kier molecular flexibility index (Phi) is 3.47. The molecule has 1 aromatic carbocycles. The minimum Gasteiger partial charge on any atom is -0.408 e. The van der Waals surface area contributed by atoms with E-state index in [0.717, 1.165) is 5.69 Å². The number of benzene rings is 1. The van der Waals surface area contributed by atoms with E-state index in [-0.39, 0.29) is 5.63 Å². The molecule has 3 rings (SSSR count). The van der Waals surface area contributed by atoms with Crippen LogP contribution in [-0.2, 0) is 0 Å². The number of nitrogens with zero attached hydrogens (tertiary/aromatic N) is 2. The Morgan fingerprint density at radius 1 is 1.25 bits per heavy atom. The van der Waals surface area contributed by atoms with Crippen molar-refractivity contribution in [3.05, 3.63) is 34.5 Å². The Morgan fingerprint density at radius 3 is 2.75 bits per heavy atom. The fourth-order valence-corrected chi connectivity index (χ4v) is 3.07. The summed E-state index contributed by atoms with van der Waals surface area (Å²) in [5.74, 6) is 0.413. The summed E-state index contributed by atoms with van der Waals surface area (Å²) in [7, 11) is 2.11. The van der Waals surface area contributed by atoms with E-state index in [0.29, 0.717) is 22.8 Å². The van der Waals surface area contributed by atoms with Gasteiger partial charge in [-0.15, -0.1) is 0 Å². The second kappa shape index (κ2) is 5.27. The van der Waals surface area contributed by atoms with E-state index in [4.69, 9.17) is 4.42 Å². The van der Waals surface area contributed by atoms with Gasteiger partial charge in [-0.2, -0.15) is 0 Å². The summed E-state index contributed by atoms with van der Waals surface area (Å²) in [6.45, 7) is 1.70. The average Bonchev–Trinajstić information content (AvgIpc) is 2.47. The van der Waals surface area contributed by atoms with Crippen molar-refractivity contribution in [2.45, 2.75) is 45.1 Å². The van der Waals surface area contributed by atoms with Gasteiger partial charge in [0.2, 0.25) is 0 Å². The molecule has 4 nitrogen and oxygen atoms in total. The minimum absolute atomic E-state index is 0.300. The number of fused-ring (bicyclic) bond motifs is 1. The van der Waals surface area contributed by atoms with Gasteiger partial charge in [-0.1, -0.05) is 19.3 Å². The monoisotopic (exact) mass is 272 g/mol. The molecule has 2 aromatic rings. The van der Waals surface area contributed by atoms with E-state index in [2.05, 4.69) is 16.9 Å². The first-order valence-electron chi connectivity index (χ1n) is 7.29. The van der Waals surface area contributed by atoms with Gasteiger partial charge in [0, 0.05) is 25.7 Å². The van der Waals surface area contributed by atoms with E-state index < -0.39 is 0 Å². The summed E-state index contributed by atoms with van der Waals surface area (Å²) in [6, 6.07) is 6.44. The Labute approximate surface area is 118 Å². The van der Waals surface area contributed by atoms with Crippen LogP contribution >= 0.6 is 0 Å². The van der Waals surface area contributed by atoms with Gasteiger partial charge >= 0.3 is 5.63 Å². The zero-order chi connectivity index (χ0) is 14.1. The summed E-state index contributed by atoms with van der Waals surface area (Å²) in [5, 5.41) is 0.566. The normalized spacial score (nSPS) is 16.5. The third kappa shape index (κ3) is 2.42. The minimum atomic E-state index is -0.300. The van der Waals surface area contributed by atoms with Crippen LogP contribution in [0.4, 0.5) is 5.69 Å². The van der Waals surface area contributed by atoms with Crippen molar-refractivity contribution in [2.75, 3.05) is 11.9 Å². The highest BCUT2D eigenvalue weighted by molar-refractivity contribution is 5.81. The number of aromatic nitrogens is 1. The summed E-state index contributed by atoms with van der Waals surface area (Å²) < 4.78 is 5.09. The fraction of sp³-hybridized carbons (Fsp3) is 0.500. The van der Waals surface area contributed by atoms with Crippen LogP contribution in [0.25, 0.3) is 10.9 Å². The number of rotatable bonds is 2. The van der Waals surface area contributed by atoms with E-state index in [1.54, 1.807) is 6.92 Å². The van der Waals surface area contributed by atoms with Crippen LogP contribution in [0.1, 0.15) is 38.0 Å². The smallest absolute Gasteiger partial charge is 0.346 e. The van der Waals surface area contributed by atoms with Crippen molar-refractivity contribution in [3.63, 3.8) is 0 Å². The molecule has 0 saturated heterocycles.